The van der Waals surface area contributed by atoms with E-state index in [-0.39, 0.29) is 11.5 Å². The third-order valence-electron chi connectivity index (χ3n) is 2.86. The Morgan fingerprint density at radius 3 is 2.43 bits per heavy atom. The Balaban J connectivity index is 0.000000423. The average Bonchev–Trinajstić information content (AvgIpc) is 2.52. The summed E-state index contributed by atoms with van der Waals surface area (Å²) in [7, 11) is 0. The zero-order valence-electron chi connectivity index (χ0n) is 13.4. The number of ether oxygens (including phenoxy) is 1. The molecule has 0 atom stereocenters. The Bertz CT molecular complexity index is 507. The fraction of sp³-hybridized carbons (Fsp3) is 0.529. The van der Waals surface area contributed by atoms with Gasteiger partial charge in [0.15, 0.2) is 0 Å². The number of alkyl halides is 3. The van der Waals surface area contributed by atoms with Crippen LogP contribution in [0, 0.1) is 11.3 Å². The molecule has 0 radical (unpaired) electrons. The SMILES string of the molecule is CCCCCCC(=O)OCC.N#Cc1cccc(C(F)(F)F)c1. The molecule has 0 aliphatic heterocycles. The smallest absolute Gasteiger partial charge is 0.416 e. The highest BCUT2D eigenvalue weighted by atomic mass is 19.4. The summed E-state index contributed by atoms with van der Waals surface area (Å²) < 4.78 is 40.8. The number of hydrogen-bond acceptors (Lipinski definition) is 3. The van der Waals surface area contributed by atoms with Gasteiger partial charge in [-0.3, -0.25) is 4.79 Å². The van der Waals surface area contributed by atoms with Gasteiger partial charge in [0.2, 0.25) is 0 Å². The maximum Gasteiger partial charge on any atom is 0.416 e. The molecule has 0 aromatic heterocycles. The summed E-state index contributed by atoms with van der Waals surface area (Å²) >= 11 is 0. The molecule has 0 aliphatic rings. The number of hydrogen-bond donors (Lipinski definition) is 0. The summed E-state index contributed by atoms with van der Waals surface area (Å²) in [6.07, 6.45) is 0.783. The van der Waals surface area contributed by atoms with Crippen molar-refractivity contribution in [2.45, 2.75) is 52.1 Å². The van der Waals surface area contributed by atoms with Gasteiger partial charge in [0.05, 0.1) is 23.8 Å². The standard InChI is InChI=1S/C9H18O2.C8H4F3N/c1-3-5-6-7-8-9(10)11-4-2;9-8(10,11)7-3-1-2-6(4-7)5-12/h3-8H2,1-2H3;1-4H. The predicted molar refractivity (Wildman–Crippen MR) is 81.6 cm³/mol. The van der Waals surface area contributed by atoms with Gasteiger partial charge in [0.25, 0.3) is 0 Å². The molecule has 0 saturated carbocycles. The van der Waals surface area contributed by atoms with Crippen molar-refractivity contribution in [2.24, 2.45) is 0 Å². The summed E-state index contributed by atoms with van der Waals surface area (Å²) in [6.45, 7) is 4.50. The molecule has 0 N–H and O–H groups in total. The number of nitriles is 1. The van der Waals surface area contributed by atoms with Gasteiger partial charge in [-0.05, 0) is 31.5 Å². The number of carbonyl (C=O) groups excluding carboxylic acids is 1. The third kappa shape index (κ3) is 10.3. The molecule has 3 nitrogen and oxygen atoms in total. The first kappa shape index (κ1) is 21.0. The summed E-state index contributed by atoms with van der Waals surface area (Å²) in [6, 6.07) is 5.93. The van der Waals surface area contributed by atoms with E-state index in [4.69, 9.17) is 10.00 Å². The van der Waals surface area contributed by atoms with Crippen molar-refractivity contribution in [3.8, 4) is 6.07 Å². The lowest BCUT2D eigenvalue weighted by Crippen LogP contribution is -2.04. The minimum absolute atomic E-state index is 0.0184. The van der Waals surface area contributed by atoms with Crippen LogP contribution in [0.1, 0.15) is 57.1 Å². The molecule has 6 heteroatoms. The second-order valence-electron chi connectivity index (χ2n) is 4.81. The molecule has 0 spiro atoms. The van der Waals surface area contributed by atoms with E-state index in [1.165, 1.54) is 25.0 Å². The van der Waals surface area contributed by atoms with Crippen molar-refractivity contribution in [3.05, 3.63) is 35.4 Å². The molecule has 128 valence electrons. The van der Waals surface area contributed by atoms with Crippen molar-refractivity contribution >= 4 is 5.97 Å². The lowest BCUT2D eigenvalue weighted by molar-refractivity contribution is -0.143. The van der Waals surface area contributed by atoms with E-state index in [1.807, 2.05) is 6.92 Å². The number of nitrogens with zero attached hydrogens (tertiary/aromatic N) is 1. The van der Waals surface area contributed by atoms with Crippen molar-refractivity contribution < 1.29 is 22.7 Å². The van der Waals surface area contributed by atoms with Gasteiger partial charge in [-0.2, -0.15) is 18.4 Å². The Labute approximate surface area is 135 Å². The van der Waals surface area contributed by atoms with E-state index in [9.17, 15) is 18.0 Å². The minimum Gasteiger partial charge on any atom is -0.466 e. The molecular weight excluding hydrogens is 307 g/mol. The van der Waals surface area contributed by atoms with Gasteiger partial charge in [0, 0.05) is 6.42 Å². The summed E-state index contributed by atoms with van der Waals surface area (Å²) in [5.74, 6) is -0.0522. The number of unbranched alkanes of at least 4 members (excludes halogenated alkanes) is 3. The molecule has 0 amide bonds. The molecule has 0 aliphatic carbocycles. The van der Waals surface area contributed by atoms with Crippen LogP contribution in [0.2, 0.25) is 0 Å². The van der Waals surface area contributed by atoms with Crippen LogP contribution in [0.5, 0.6) is 0 Å². The topological polar surface area (TPSA) is 50.1 Å². The van der Waals surface area contributed by atoms with Gasteiger partial charge in [-0.15, -0.1) is 0 Å². The summed E-state index contributed by atoms with van der Waals surface area (Å²) in [5, 5.41) is 8.31. The normalized spacial score (nSPS) is 10.3. The van der Waals surface area contributed by atoms with Crippen molar-refractivity contribution in [1.82, 2.24) is 0 Å². The van der Waals surface area contributed by atoms with Gasteiger partial charge in [-0.25, -0.2) is 0 Å². The number of halogens is 3. The van der Waals surface area contributed by atoms with Crippen LogP contribution in [0.4, 0.5) is 13.2 Å². The first-order chi connectivity index (χ1) is 10.8. The largest absolute Gasteiger partial charge is 0.466 e. The van der Waals surface area contributed by atoms with Gasteiger partial charge in [-0.1, -0.05) is 32.3 Å². The van der Waals surface area contributed by atoms with Gasteiger partial charge in [0.1, 0.15) is 0 Å². The Hall–Kier alpha value is -2.03. The van der Waals surface area contributed by atoms with Crippen LogP contribution in [0.15, 0.2) is 24.3 Å². The van der Waals surface area contributed by atoms with E-state index in [0.29, 0.717) is 13.0 Å². The first-order valence-corrected chi connectivity index (χ1v) is 7.58. The lowest BCUT2D eigenvalue weighted by Gasteiger charge is -2.05. The molecule has 1 rings (SSSR count). The maximum absolute atomic E-state index is 12.0. The van der Waals surface area contributed by atoms with E-state index >= 15 is 0 Å². The molecule has 0 heterocycles. The molecule has 1 aromatic rings. The molecule has 0 bridgehead atoms. The highest BCUT2D eigenvalue weighted by molar-refractivity contribution is 5.69. The highest BCUT2D eigenvalue weighted by Gasteiger charge is 2.30. The third-order valence-corrected chi connectivity index (χ3v) is 2.86. The average molecular weight is 329 g/mol. The molecule has 0 fully saturated rings. The molecule has 0 saturated heterocycles. The van der Waals surface area contributed by atoms with Crippen LogP contribution in [0.3, 0.4) is 0 Å². The van der Waals surface area contributed by atoms with Gasteiger partial charge >= 0.3 is 12.1 Å². The summed E-state index contributed by atoms with van der Waals surface area (Å²) in [5.41, 5.74) is -0.772. The Morgan fingerprint density at radius 1 is 1.22 bits per heavy atom. The van der Waals surface area contributed by atoms with Crippen LogP contribution in [-0.4, -0.2) is 12.6 Å². The van der Waals surface area contributed by atoms with Crippen LogP contribution in [-0.2, 0) is 15.7 Å². The van der Waals surface area contributed by atoms with E-state index in [2.05, 4.69) is 6.92 Å². The molecular formula is C17H22F3NO2. The second-order valence-corrected chi connectivity index (χ2v) is 4.81. The Morgan fingerprint density at radius 2 is 1.91 bits per heavy atom. The molecule has 0 unspecified atom stereocenters. The predicted octanol–water partition coefficient (Wildman–Crippen LogP) is 5.10. The lowest BCUT2D eigenvalue weighted by atomic mass is 10.1. The first-order valence-electron chi connectivity index (χ1n) is 7.58. The number of rotatable bonds is 6. The van der Waals surface area contributed by atoms with E-state index < -0.39 is 11.7 Å². The molecule has 23 heavy (non-hydrogen) atoms. The van der Waals surface area contributed by atoms with Crippen molar-refractivity contribution in [3.63, 3.8) is 0 Å². The summed E-state index contributed by atoms with van der Waals surface area (Å²) in [4.78, 5) is 10.8. The Kier molecular flexibility index (Phi) is 10.5. The van der Waals surface area contributed by atoms with Gasteiger partial charge < -0.3 is 4.74 Å². The number of esters is 1. The van der Waals surface area contributed by atoms with Crippen molar-refractivity contribution in [2.75, 3.05) is 6.61 Å². The second kappa shape index (κ2) is 11.5. The van der Waals surface area contributed by atoms with Crippen LogP contribution >= 0.6 is 0 Å². The zero-order chi connectivity index (χ0) is 17.7. The highest BCUT2D eigenvalue weighted by Crippen LogP contribution is 2.29. The van der Waals surface area contributed by atoms with Crippen molar-refractivity contribution in [1.29, 1.82) is 5.26 Å². The maximum atomic E-state index is 12.0. The zero-order valence-corrected chi connectivity index (χ0v) is 13.4. The monoisotopic (exact) mass is 329 g/mol. The van der Waals surface area contributed by atoms with Crippen LogP contribution in [0.25, 0.3) is 0 Å². The molecule has 1 aromatic carbocycles. The van der Waals surface area contributed by atoms with Crippen LogP contribution < -0.4 is 0 Å². The van der Waals surface area contributed by atoms with E-state index in [0.717, 1.165) is 25.0 Å². The quantitative estimate of drug-likeness (QED) is 0.539. The number of carbonyl (C=O) groups is 1. The number of benzene rings is 1. The fourth-order valence-corrected chi connectivity index (χ4v) is 1.69. The minimum atomic E-state index is -4.37. The fourth-order valence-electron chi connectivity index (χ4n) is 1.69. The van der Waals surface area contributed by atoms with E-state index in [1.54, 1.807) is 6.07 Å².